The summed E-state index contributed by atoms with van der Waals surface area (Å²) in [4.78, 5) is 81.4. The van der Waals surface area contributed by atoms with Crippen molar-refractivity contribution < 1.29 is 129 Å². The smallest absolute Gasteiger partial charge is 0.408 e. The summed E-state index contributed by atoms with van der Waals surface area (Å²) in [5.41, 5.74) is -4.95. The van der Waals surface area contributed by atoms with Gasteiger partial charge in [0.25, 0.3) is 10.1 Å². The van der Waals surface area contributed by atoms with Crippen molar-refractivity contribution in [3.63, 3.8) is 0 Å². The van der Waals surface area contributed by atoms with Crippen molar-refractivity contribution in [3.8, 4) is 0 Å². The number of nitrogens with one attached hydrogen (secondary N) is 6. The molecule has 3 aliphatic heterocycles. The average Bonchev–Trinajstić information content (AvgIpc) is 1.15. The van der Waals surface area contributed by atoms with E-state index in [0.717, 1.165) is 5.56 Å². The van der Waals surface area contributed by atoms with E-state index in [0.29, 0.717) is 11.1 Å². The fourth-order valence-corrected chi connectivity index (χ4v) is 12.9. The van der Waals surface area contributed by atoms with Gasteiger partial charge in [0.2, 0.25) is 0 Å². The number of aliphatic hydroxyl groups is 6. The minimum atomic E-state index is -4.88. The van der Waals surface area contributed by atoms with Gasteiger partial charge in [-0.05, 0) is 165 Å². The van der Waals surface area contributed by atoms with Crippen LogP contribution in [-0.4, -0.2) is 245 Å². The number of benzene rings is 1. The monoisotopic (exact) mass is 1480 g/mol. The Balaban J connectivity index is 1.77. The highest BCUT2D eigenvalue weighted by atomic mass is 32.2. The average molecular weight is 1480 g/mol. The summed E-state index contributed by atoms with van der Waals surface area (Å²) in [5, 5.41) is 88.3. The number of aliphatic hydroxyl groups excluding tert-OH is 6. The summed E-state index contributed by atoms with van der Waals surface area (Å²) in [6.07, 6.45) is -36.6. The molecule has 4 fully saturated rings. The molecule has 6 amide bonds. The van der Waals surface area contributed by atoms with Crippen molar-refractivity contribution in [2.75, 3.05) is 19.7 Å². The second kappa shape index (κ2) is 34.2. The normalized spacial score (nSPS) is 29.9. The zero-order valence-electron chi connectivity index (χ0n) is 63.3. The van der Waals surface area contributed by atoms with E-state index in [1.54, 1.807) is 137 Å². The SMILES string of the molecule is CC(C)c1cc(C(C)C)c(S(=O)(=O)OC[C@@H]2O[C@H](OC3C(O)[C@H](NC(=O)OC(C)(C)C)CC(NC(=O)OC(C)(C)C)[C@@H]3O[C@@H]3OC(CNC(=O)OC(C)(C)C)[C@H](O)C(O)C3NC(=O)OC(C)(C)C)C(O)C2OC2O[C@@H](CNC(=O)OC(C)(C)C)C(O)C(O)[C@H]2NC(=O)OC(C)(C)C)c(C(C)C)c1. The van der Waals surface area contributed by atoms with Crippen molar-refractivity contribution in [2.24, 2.45) is 0 Å². The Labute approximate surface area is 598 Å². The lowest BCUT2D eigenvalue weighted by Gasteiger charge is -2.49. The van der Waals surface area contributed by atoms with E-state index in [1.807, 2.05) is 41.5 Å². The third-order valence-corrected chi connectivity index (χ3v) is 17.1. The van der Waals surface area contributed by atoms with Gasteiger partial charge in [0.05, 0.1) is 18.7 Å². The first-order valence-electron chi connectivity index (χ1n) is 34.4. The van der Waals surface area contributed by atoms with E-state index in [4.69, 9.17) is 61.0 Å². The fourth-order valence-electron chi connectivity index (χ4n) is 11.3. The van der Waals surface area contributed by atoms with Gasteiger partial charge in [0.1, 0.15) is 124 Å². The van der Waals surface area contributed by atoms with Crippen molar-refractivity contribution in [3.05, 3.63) is 28.8 Å². The molecule has 33 nitrogen and oxygen atoms in total. The van der Waals surface area contributed by atoms with E-state index in [1.165, 1.54) is 0 Å². The Hall–Kier alpha value is -5.73. The molecular formula is C68H116N6O27S. The number of carbonyl (C=O) groups is 6. The van der Waals surface area contributed by atoms with Gasteiger partial charge in [-0.3, -0.25) is 4.18 Å². The number of alkyl carbamates (subject to hydrolysis) is 6. The van der Waals surface area contributed by atoms with E-state index in [-0.39, 0.29) is 22.6 Å². The Kier molecular flexibility index (Phi) is 29.2. The van der Waals surface area contributed by atoms with Gasteiger partial charge in [-0.2, -0.15) is 8.42 Å². The molecule has 3 saturated heterocycles. The van der Waals surface area contributed by atoms with Gasteiger partial charge in [-0.25, -0.2) is 28.8 Å². The maximum absolute atomic E-state index is 15.1. The predicted molar refractivity (Wildman–Crippen MR) is 364 cm³/mol. The molecule has 5 rings (SSSR count). The molecule has 586 valence electrons. The Bertz CT molecular complexity index is 3080. The summed E-state index contributed by atoms with van der Waals surface area (Å²) in [7, 11) is -4.88. The van der Waals surface area contributed by atoms with Gasteiger partial charge in [0.15, 0.2) is 18.9 Å². The summed E-state index contributed by atoms with van der Waals surface area (Å²) in [6, 6.07) is -3.24. The Morgan fingerprint density at radius 2 is 0.755 bits per heavy atom. The number of hydrogen-bond acceptors (Lipinski definition) is 27. The Morgan fingerprint density at radius 3 is 1.12 bits per heavy atom. The van der Waals surface area contributed by atoms with E-state index < -0.39 is 223 Å². The molecule has 0 bridgehead atoms. The summed E-state index contributed by atoms with van der Waals surface area (Å²) in [5.74, 6) is -0.807. The molecule has 1 saturated carbocycles. The molecule has 3 heterocycles. The summed E-state index contributed by atoms with van der Waals surface area (Å²) in [6.45, 7) is 37.2. The number of amides is 6. The summed E-state index contributed by atoms with van der Waals surface area (Å²) < 4.78 is 109. The third-order valence-electron chi connectivity index (χ3n) is 15.7. The van der Waals surface area contributed by atoms with Crippen molar-refractivity contribution >= 4 is 46.7 Å². The van der Waals surface area contributed by atoms with E-state index >= 15 is 8.42 Å². The molecule has 11 unspecified atom stereocenters. The largest absolute Gasteiger partial charge is 0.444 e. The van der Waals surface area contributed by atoms with Crippen LogP contribution in [0, 0.1) is 0 Å². The number of rotatable bonds is 21. The van der Waals surface area contributed by atoms with E-state index in [9.17, 15) is 59.4 Å². The van der Waals surface area contributed by atoms with Gasteiger partial charge < -0.3 is 119 Å². The van der Waals surface area contributed by atoms with Gasteiger partial charge >= 0.3 is 36.6 Å². The van der Waals surface area contributed by atoms with Crippen LogP contribution < -0.4 is 31.9 Å². The maximum Gasteiger partial charge on any atom is 0.408 e. The van der Waals surface area contributed by atoms with Gasteiger partial charge in [0, 0.05) is 13.1 Å². The Morgan fingerprint density at radius 1 is 0.422 bits per heavy atom. The molecular weight excluding hydrogens is 1360 g/mol. The van der Waals surface area contributed by atoms with Crippen molar-refractivity contribution in [1.29, 1.82) is 0 Å². The first kappa shape index (κ1) is 86.9. The van der Waals surface area contributed by atoms with E-state index in [2.05, 4.69) is 31.9 Å². The molecule has 12 N–H and O–H groups in total. The molecule has 1 aliphatic carbocycles. The molecule has 1 aromatic carbocycles. The first-order chi connectivity index (χ1) is 46.4. The minimum Gasteiger partial charge on any atom is -0.444 e. The molecule has 0 radical (unpaired) electrons. The van der Waals surface area contributed by atoms with Crippen LogP contribution in [0.5, 0.6) is 0 Å². The topological polar surface area (TPSA) is 450 Å². The second-order valence-corrected chi connectivity index (χ2v) is 34.5. The highest BCUT2D eigenvalue weighted by Gasteiger charge is 2.58. The minimum absolute atomic E-state index is 0.0293. The summed E-state index contributed by atoms with van der Waals surface area (Å²) >= 11 is 0. The van der Waals surface area contributed by atoms with Crippen LogP contribution in [0.1, 0.15) is 207 Å². The number of ether oxygens (including phenoxy) is 12. The molecule has 19 atom stereocenters. The number of carbonyl (C=O) groups excluding carboxylic acids is 6. The van der Waals surface area contributed by atoms with Crippen LogP contribution in [-0.2, 0) is 71.1 Å². The van der Waals surface area contributed by atoms with Crippen LogP contribution in [0.15, 0.2) is 17.0 Å². The molecule has 1 aromatic rings. The standard InChI is InChI=1S/C68H116N6O27S/c1-31(2)34-25-35(32(3)4)53(36(26-34)33(5)6)102(87,88)89-30-41-51(94-55-43(74-62(86)101-68(22,23)24)48(79)46(77)40(91-55)29-70-58(82)97-64(10,11)12)49(80)56(92-41)95-52-44(75)37(71-59(83)98-65(13,14)15)27-38(72-60(84)99-66(16,17)18)50(52)93-54-42(73-61(85)100-67(19,20)21)47(78)45(76)39(90-54)28-69-57(81)96-63(7,8)9/h25-26,31-33,37-52,54-56,75-80H,27-30H2,1-24H3,(H,69,81)(H,70,82)(H,71,83)(H,72,84)(H,73,85)(H,74,86)/t37-,38?,39?,40+,41+,42?,43-,44?,45+,46?,47?,48?,49?,50+,51?,52?,54+,55?,56-/m1/s1. The highest BCUT2D eigenvalue weighted by Crippen LogP contribution is 2.40. The molecule has 4 aliphatic rings. The van der Waals surface area contributed by atoms with Gasteiger partial charge in [-0.1, -0.05) is 53.7 Å². The van der Waals surface area contributed by atoms with Crippen molar-refractivity contribution in [2.45, 2.75) is 345 Å². The zero-order valence-corrected chi connectivity index (χ0v) is 64.2. The van der Waals surface area contributed by atoms with Crippen LogP contribution in [0.3, 0.4) is 0 Å². The molecule has 0 spiro atoms. The highest BCUT2D eigenvalue weighted by molar-refractivity contribution is 7.86. The van der Waals surface area contributed by atoms with Crippen LogP contribution >= 0.6 is 0 Å². The number of hydrogen-bond donors (Lipinski definition) is 12. The molecule has 0 aromatic heterocycles. The lowest BCUT2D eigenvalue weighted by molar-refractivity contribution is -0.311. The van der Waals surface area contributed by atoms with Crippen LogP contribution in [0.2, 0.25) is 0 Å². The zero-order chi connectivity index (χ0) is 77.7. The lowest BCUT2D eigenvalue weighted by atomic mass is 9.83. The molecule has 34 heteroatoms. The molecule has 102 heavy (non-hydrogen) atoms. The fraction of sp³-hybridized carbons (Fsp3) is 0.824. The van der Waals surface area contributed by atoms with Crippen molar-refractivity contribution in [1.82, 2.24) is 31.9 Å². The lowest BCUT2D eigenvalue weighted by Crippen LogP contribution is -2.70. The predicted octanol–water partition coefficient (Wildman–Crippen LogP) is 5.28. The maximum atomic E-state index is 15.1. The first-order valence-corrected chi connectivity index (χ1v) is 35.8. The third kappa shape index (κ3) is 25.8. The van der Waals surface area contributed by atoms with Crippen LogP contribution in [0.4, 0.5) is 28.8 Å². The van der Waals surface area contributed by atoms with Crippen LogP contribution in [0.25, 0.3) is 0 Å². The van der Waals surface area contributed by atoms with Gasteiger partial charge in [-0.15, -0.1) is 0 Å². The second-order valence-electron chi connectivity index (χ2n) is 33.0. The quantitative estimate of drug-likeness (QED) is 0.0550.